The summed E-state index contributed by atoms with van der Waals surface area (Å²) in [5, 5.41) is 0. The maximum absolute atomic E-state index is 2.59. The average Bonchev–Trinajstić information content (AvgIpc) is 2.30. The van der Waals surface area contributed by atoms with Crippen molar-refractivity contribution in [2.45, 2.75) is 40.2 Å². The van der Waals surface area contributed by atoms with E-state index in [4.69, 9.17) is 0 Å². The van der Waals surface area contributed by atoms with Crippen molar-refractivity contribution in [3.8, 4) is 0 Å². The molecule has 1 aliphatic rings. The molecule has 2 atom stereocenters. The molecule has 0 N–H and O–H groups in total. The minimum absolute atomic E-state index is 0.819. The third-order valence-electron chi connectivity index (χ3n) is 3.21. The Morgan fingerprint density at radius 1 is 1.45 bits per heavy atom. The van der Waals surface area contributed by atoms with Gasteiger partial charge < -0.3 is 4.90 Å². The van der Waals surface area contributed by atoms with Crippen molar-refractivity contribution in [2.24, 2.45) is 11.8 Å². The first-order chi connectivity index (χ1) is 5.16. The number of hydrogen-bond acceptors (Lipinski definition) is 1. The van der Waals surface area contributed by atoms with Crippen LogP contribution in [0.2, 0.25) is 0 Å². The summed E-state index contributed by atoms with van der Waals surface area (Å²) < 4.78 is 0. The fourth-order valence-corrected chi connectivity index (χ4v) is 2.37. The summed E-state index contributed by atoms with van der Waals surface area (Å²) in [7, 11) is 0. The highest BCUT2D eigenvalue weighted by atomic mass is 15.2. The summed E-state index contributed by atoms with van der Waals surface area (Å²) in [5.41, 5.74) is 0. The highest BCUT2D eigenvalue weighted by molar-refractivity contribution is 4.84. The summed E-state index contributed by atoms with van der Waals surface area (Å²) in [5.74, 6) is 1.80. The van der Waals surface area contributed by atoms with E-state index in [2.05, 4.69) is 32.6 Å². The van der Waals surface area contributed by atoms with Crippen LogP contribution in [0.1, 0.15) is 34.1 Å². The molecular weight excluding hydrogens is 134 g/mol. The van der Waals surface area contributed by atoms with Crippen LogP contribution in [0.25, 0.3) is 0 Å². The minimum Gasteiger partial charge on any atom is -0.301 e. The first kappa shape index (κ1) is 9.05. The number of hydrogen-bond donors (Lipinski definition) is 0. The lowest BCUT2D eigenvalue weighted by atomic mass is 9.90. The lowest BCUT2D eigenvalue weighted by molar-refractivity contribution is 0.227. The molecule has 1 heterocycles. The Hall–Kier alpha value is -0.0400. The normalized spacial score (nSPS) is 33.5. The third kappa shape index (κ3) is 1.76. The summed E-state index contributed by atoms with van der Waals surface area (Å²) in [6, 6.07) is 0.819. The van der Waals surface area contributed by atoms with Gasteiger partial charge in [-0.3, -0.25) is 0 Å². The zero-order chi connectivity index (χ0) is 8.43. The Labute approximate surface area is 70.8 Å². The molecule has 0 spiro atoms. The maximum atomic E-state index is 2.59. The molecule has 11 heavy (non-hydrogen) atoms. The van der Waals surface area contributed by atoms with Gasteiger partial charge in [-0.25, -0.2) is 0 Å². The van der Waals surface area contributed by atoms with E-state index in [9.17, 15) is 0 Å². The Bertz CT molecular complexity index is 120. The van der Waals surface area contributed by atoms with Crippen LogP contribution in [0, 0.1) is 11.8 Å². The summed E-state index contributed by atoms with van der Waals surface area (Å²) in [6.07, 6.45) is 1.41. The summed E-state index contributed by atoms with van der Waals surface area (Å²) >= 11 is 0. The molecule has 1 fully saturated rings. The molecule has 0 radical (unpaired) electrons. The lowest BCUT2D eigenvalue weighted by Gasteiger charge is -2.25. The molecule has 1 nitrogen and oxygen atoms in total. The van der Waals surface area contributed by atoms with E-state index in [0.29, 0.717) is 0 Å². The van der Waals surface area contributed by atoms with E-state index in [0.717, 1.165) is 17.9 Å². The van der Waals surface area contributed by atoms with Gasteiger partial charge in [0, 0.05) is 6.04 Å². The number of nitrogens with zero attached hydrogens (tertiary/aromatic N) is 1. The first-order valence-electron chi connectivity index (χ1n) is 4.90. The molecule has 0 aromatic rings. The predicted octanol–water partition coefficient (Wildman–Crippen LogP) is 2.37. The van der Waals surface area contributed by atoms with Gasteiger partial charge in [0.15, 0.2) is 0 Å². The van der Waals surface area contributed by atoms with E-state index in [1.165, 1.54) is 19.5 Å². The van der Waals surface area contributed by atoms with Crippen molar-refractivity contribution < 1.29 is 0 Å². The van der Waals surface area contributed by atoms with Gasteiger partial charge in [-0.1, -0.05) is 20.8 Å². The van der Waals surface area contributed by atoms with Crippen LogP contribution >= 0.6 is 0 Å². The summed E-state index contributed by atoms with van der Waals surface area (Å²) in [4.78, 5) is 2.59. The van der Waals surface area contributed by atoms with E-state index in [1.54, 1.807) is 0 Å². The van der Waals surface area contributed by atoms with Crippen molar-refractivity contribution in [3.05, 3.63) is 0 Å². The molecule has 1 aliphatic heterocycles. The fourth-order valence-electron chi connectivity index (χ4n) is 2.37. The van der Waals surface area contributed by atoms with Crippen molar-refractivity contribution >= 4 is 0 Å². The van der Waals surface area contributed by atoms with Crippen molar-refractivity contribution in [1.82, 2.24) is 4.90 Å². The first-order valence-corrected chi connectivity index (χ1v) is 4.90. The van der Waals surface area contributed by atoms with Crippen LogP contribution in [0.15, 0.2) is 0 Å². The van der Waals surface area contributed by atoms with Gasteiger partial charge in [-0.2, -0.15) is 0 Å². The summed E-state index contributed by atoms with van der Waals surface area (Å²) in [6.45, 7) is 11.9. The molecule has 1 saturated heterocycles. The molecule has 0 unspecified atom stereocenters. The van der Waals surface area contributed by atoms with Crippen molar-refractivity contribution in [2.75, 3.05) is 13.1 Å². The average molecular weight is 155 g/mol. The SMILES string of the molecule is CCN1CC[C@H](C(C)C)[C@@H]1C. The highest BCUT2D eigenvalue weighted by Crippen LogP contribution is 2.29. The molecule has 0 amide bonds. The zero-order valence-electron chi connectivity index (χ0n) is 8.30. The smallest absolute Gasteiger partial charge is 0.00979 e. The number of likely N-dealkylation sites (tertiary alicyclic amines) is 1. The molecule has 0 aromatic heterocycles. The molecule has 0 bridgehead atoms. The van der Waals surface area contributed by atoms with E-state index < -0.39 is 0 Å². The lowest BCUT2D eigenvalue weighted by Crippen LogP contribution is -2.31. The van der Waals surface area contributed by atoms with Crippen molar-refractivity contribution in [1.29, 1.82) is 0 Å². The van der Waals surface area contributed by atoms with Crippen LogP contribution in [-0.4, -0.2) is 24.0 Å². The largest absolute Gasteiger partial charge is 0.301 e. The molecule has 1 rings (SSSR count). The second-order valence-electron chi connectivity index (χ2n) is 4.07. The second kappa shape index (κ2) is 3.57. The zero-order valence-corrected chi connectivity index (χ0v) is 8.30. The molecule has 1 heteroatoms. The van der Waals surface area contributed by atoms with Crippen LogP contribution < -0.4 is 0 Å². The van der Waals surface area contributed by atoms with Gasteiger partial charge in [0.1, 0.15) is 0 Å². The van der Waals surface area contributed by atoms with E-state index in [1.807, 2.05) is 0 Å². The van der Waals surface area contributed by atoms with Gasteiger partial charge >= 0.3 is 0 Å². The van der Waals surface area contributed by atoms with Gasteiger partial charge in [0.25, 0.3) is 0 Å². The molecule has 66 valence electrons. The Morgan fingerprint density at radius 3 is 2.36 bits per heavy atom. The standard InChI is InChI=1S/C10H21N/c1-5-11-7-6-10(8(2)3)9(11)4/h8-10H,5-7H2,1-4H3/t9-,10+/m0/s1. The topological polar surface area (TPSA) is 3.24 Å². The van der Waals surface area contributed by atoms with Gasteiger partial charge in [0.2, 0.25) is 0 Å². The van der Waals surface area contributed by atoms with Crippen LogP contribution in [0.5, 0.6) is 0 Å². The Kier molecular flexibility index (Phi) is 2.94. The molecular formula is C10H21N. The minimum atomic E-state index is 0.819. The maximum Gasteiger partial charge on any atom is 0.00979 e. The van der Waals surface area contributed by atoms with Gasteiger partial charge in [0.05, 0.1) is 0 Å². The highest BCUT2D eigenvalue weighted by Gasteiger charge is 2.30. The molecule has 0 aliphatic carbocycles. The van der Waals surface area contributed by atoms with Crippen LogP contribution in [0.4, 0.5) is 0 Å². The Balaban J connectivity index is 2.48. The van der Waals surface area contributed by atoms with Crippen LogP contribution in [-0.2, 0) is 0 Å². The third-order valence-corrected chi connectivity index (χ3v) is 3.21. The predicted molar refractivity (Wildman–Crippen MR) is 49.7 cm³/mol. The molecule has 0 saturated carbocycles. The Morgan fingerprint density at radius 2 is 2.09 bits per heavy atom. The fraction of sp³-hybridized carbons (Fsp3) is 1.00. The quantitative estimate of drug-likeness (QED) is 0.592. The van der Waals surface area contributed by atoms with E-state index >= 15 is 0 Å². The van der Waals surface area contributed by atoms with E-state index in [-0.39, 0.29) is 0 Å². The number of rotatable bonds is 2. The van der Waals surface area contributed by atoms with Gasteiger partial charge in [-0.05, 0) is 38.3 Å². The van der Waals surface area contributed by atoms with Gasteiger partial charge in [-0.15, -0.1) is 0 Å². The van der Waals surface area contributed by atoms with Crippen LogP contribution in [0.3, 0.4) is 0 Å². The molecule has 0 aromatic carbocycles. The van der Waals surface area contributed by atoms with Crippen molar-refractivity contribution in [3.63, 3.8) is 0 Å². The second-order valence-corrected chi connectivity index (χ2v) is 4.07. The monoisotopic (exact) mass is 155 g/mol.